The van der Waals surface area contributed by atoms with Crippen molar-refractivity contribution in [3.8, 4) is 11.5 Å². The molecule has 1 aromatic carbocycles. The Hall–Kier alpha value is -2.82. The van der Waals surface area contributed by atoms with Crippen molar-refractivity contribution in [3.63, 3.8) is 0 Å². The summed E-state index contributed by atoms with van der Waals surface area (Å²) in [7, 11) is 1.54. The van der Waals surface area contributed by atoms with Crippen LogP contribution >= 0.6 is 0 Å². The monoisotopic (exact) mass is 285 g/mol. The first-order chi connectivity index (χ1) is 10.2. The molecule has 0 radical (unpaired) electrons. The SMILES string of the molecule is COc1cc(/C=C/C(=O)O)ccc1OCc1ccncc1. The van der Waals surface area contributed by atoms with E-state index in [9.17, 15) is 4.79 Å². The van der Waals surface area contributed by atoms with Gasteiger partial charge in [0.1, 0.15) is 6.61 Å². The number of carboxylic acid groups (broad SMARTS) is 1. The van der Waals surface area contributed by atoms with E-state index >= 15 is 0 Å². The molecule has 2 aromatic rings. The number of nitrogens with zero attached hydrogens (tertiary/aromatic N) is 1. The van der Waals surface area contributed by atoms with Gasteiger partial charge in [-0.1, -0.05) is 6.07 Å². The minimum atomic E-state index is -0.994. The minimum absolute atomic E-state index is 0.406. The van der Waals surface area contributed by atoms with E-state index in [0.717, 1.165) is 17.2 Å². The maximum Gasteiger partial charge on any atom is 0.328 e. The average Bonchev–Trinajstić information content (AvgIpc) is 2.52. The first-order valence-corrected chi connectivity index (χ1v) is 6.30. The van der Waals surface area contributed by atoms with Gasteiger partial charge in [0.2, 0.25) is 0 Å². The van der Waals surface area contributed by atoms with E-state index in [0.29, 0.717) is 18.1 Å². The van der Waals surface area contributed by atoms with Gasteiger partial charge in [-0.25, -0.2) is 4.79 Å². The smallest absolute Gasteiger partial charge is 0.328 e. The van der Waals surface area contributed by atoms with Crippen LogP contribution in [0.15, 0.2) is 48.8 Å². The van der Waals surface area contributed by atoms with Crippen molar-refractivity contribution in [1.29, 1.82) is 0 Å². The number of hydrogen-bond acceptors (Lipinski definition) is 4. The highest BCUT2D eigenvalue weighted by Gasteiger charge is 2.05. The fourth-order valence-corrected chi connectivity index (χ4v) is 1.71. The molecule has 5 heteroatoms. The Morgan fingerprint density at radius 1 is 1.24 bits per heavy atom. The molecule has 0 aliphatic heterocycles. The Bertz CT molecular complexity index is 638. The Balaban J connectivity index is 2.11. The standard InChI is InChI=1S/C16H15NO4/c1-20-15-10-12(3-5-16(18)19)2-4-14(15)21-11-13-6-8-17-9-7-13/h2-10H,11H2,1H3,(H,18,19)/b5-3+. The van der Waals surface area contributed by atoms with Crippen LogP contribution in [-0.4, -0.2) is 23.2 Å². The number of carbonyl (C=O) groups is 1. The van der Waals surface area contributed by atoms with Crippen molar-refractivity contribution in [2.24, 2.45) is 0 Å². The predicted octanol–water partition coefficient (Wildman–Crippen LogP) is 2.77. The molecule has 0 bridgehead atoms. The zero-order valence-electron chi connectivity index (χ0n) is 11.5. The quantitative estimate of drug-likeness (QED) is 0.826. The Morgan fingerprint density at radius 2 is 2.00 bits per heavy atom. The summed E-state index contributed by atoms with van der Waals surface area (Å²) in [5, 5.41) is 8.62. The molecule has 0 aliphatic carbocycles. The van der Waals surface area contributed by atoms with E-state index < -0.39 is 5.97 Å². The van der Waals surface area contributed by atoms with Crippen LogP contribution in [0.4, 0.5) is 0 Å². The third-order valence-corrected chi connectivity index (χ3v) is 2.75. The molecule has 2 rings (SSSR count). The molecule has 0 amide bonds. The third-order valence-electron chi connectivity index (χ3n) is 2.75. The van der Waals surface area contributed by atoms with Gasteiger partial charge in [-0.05, 0) is 41.5 Å². The summed E-state index contributed by atoms with van der Waals surface area (Å²) in [6, 6.07) is 8.99. The summed E-state index contributed by atoms with van der Waals surface area (Å²) >= 11 is 0. The van der Waals surface area contributed by atoms with Crippen LogP contribution in [-0.2, 0) is 11.4 Å². The molecule has 0 fully saturated rings. The van der Waals surface area contributed by atoms with Gasteiger partial charge in [0.15, 0.2) is 11.5 Å². The van der Waals surface area contributed by atoms with Crippen molar-refractivity contribution in [1.82, 2.24) is 4.98 Å². The molecule has 0 saturated heterocycles. The van der Waals surface area contributed by atoms with E-state index in [4.69, 9.17) is 14.6 Å². The molecule has 21 heavy (non-hydrogen) atoms. The van der Waals surface area contributed by atoms with Crippen LogP contribution in [0, 0.1) is 0 Å². The van der Waals surface area contributed by atoms with E-state index in [-0.39, 0.29) is 0 Å². The number of pyridine rings is 1. The highest BCUT2D eigenvalue weighted by Crippen LogP contribution is 2.29. The van der Waals surface area contributed by atoms with E-state index in [1.54, 1.807) is 37.7 Å². The average molecular weight is 285 g/mol. The second kappa shape index (κ2) is 7.09. The second-order valence-electron chi connectivity index (χ2n) is 4.23. The van der Waals surface area contributed by atoms with Gasteiger partial charge >= 0.3 is 5.97 Å². The lowest BCUT2D eigenvalue weighted by Gasteiger charge is -2.11. The van der Waals surface area contributed by atoms with Crippen molar-refractivity contribution in [3.05, 3.63) is 59.9 Å². The molecule has 1 heterocycles. The Labute approximate surface area is 122 Å². The van der Waals surface area contributed by atoms with E-state index in [1.165, 1.54) is 6.08 Å². The first-order valence-electron chi connectivity index (χ1n) is 6.30. The number of carboxylic acids is 1. The van der Waals surface area contributed by atoms with E-state index in [1.807, 2.05) is 12.1 Å². The molecule has 0 spiro atoms. The molecule has 5 nitrogen and oxygen atoms in total. The summed E-state index contributed by atoms with van der Waals surface area (Å²) in [6.45, 7) is 0.406. The minimum Gasteiger partial charge on any atom is -0.493 e. The van der Waals surface area contributed by atoms with E-state index in [2.05, 4.69) is 4.98 Å². The molecule has 0 saturated carbocycles. The number of ether oxygens (including phenoxy) is 2. The summed E-state index contributed by atoms with van der Waals surface area (Å²) in [6.07, 6.45) is 5.98. The number of hydrogen-bond donors (Lipinski definition) is 1. The number of methoxy groups -OCH3 is 1. The maximum absolute atomic E-state index is 10.5. The van der Waals surface area contributed by atoms with Gasteiger partial charge < -0.3 is 14.6 Å². The van der Waals surface area contributed by atoms with Crippen molar-refractivity contribution >= 4 is 12.0 Å². The maximum atomic E-state index is 10.5. The molecular weight excluding hydrogens is 270 g/mol. The molecule has 108 valence electrons. The normalized spacial score (nSPS) is 10.5. The van der Waals surface area contributed by atoms with Gasteiger partial charge in [-0.15, -0.1) is 0 Å². The van der Waals surface area contributed by atoms with Gasteiger partial charge in [-0.2, -0.15) is 0 Å². The Kier molecular flexibility index (Phi) is 4.93. The predicted molar refractivity (Wildman–Crippen MR) is 78.2 cm³/mol. The highest BCUT2D eigenvalue weighted by molar-refractivity contribution is 5.85. The van der Waals surface area contributed by atoms with Crippen molar-refractivity contribution < 1.29 is 19.4 Å². The highest BCUT2D eigenvalue weighted by atomic mass is 16.5. The second-order valence-corrected chi connectivity index (χ2v) is 4.23. The molecular formula is C16H15NO4. The van der Waals surface area contributed by atoms with Crippen LogP contribution in [0.2, 0.25) is 0 Å². The van der Waals surface area contributed by atoms with Gasteiger partial charge in [0.05, 0.1) is 7.11 Å². The lowest BCUT2D eigenvalue weighted by Crippen LogP contribution is -1.98. The van der Waals surface area contributed by atoms with Crippen molar-refractivity contribution in [2.75, 3.05) is 7.11 Å². The fourth-order valence-electron chi connectivity index (χ4n) is 1.71. The van der Waals surface area contributed by atoms with Crippen LogP contribution in [0.3, 0.4) is 0 Å². The lowest BCUT2D eigenvalue weighted by molar-refractivity contribution is -0.131. The zero-order valence-corrected chi connectivity index (χ0v) is 11.5. The summed E-state index contributed by atoms with van der Waals surface area (Å²) in [5.74, 6) is 0.158. The lowest BCUT2D eigenvalue weighted by atomic mass is 10.2. The van der Waals surface area contributed by atoms with Gasteiger partial charge in [-0.3, -0.25) is 4.98 Å². The third kappa shape index (κ3) is 4.35. The van der Waals surface area contributed by atoms with Crippen LogP contribution in [0.25, 0.3) is 6.08 Å². The number of benzene rings is 1. The molecule has 1 aromatic heterocycles. The summed E-state index contributed by atoms with van der Waals surface area (Å²) in [4.78, 5) is 14.5. The van der Waals surface area contributed by atoms with Crippen LogP contribution in [0.1, 0.15) is 11.1 Å². The largest absolute Gasteiger partial charge is 0.493 e. The first kappa shape index (κ1) is 14.6. The number of aromatic nitrogens is 1. The fraction of sp³-hybridized carbons (Fsp3) is 0.125. The Morgan fingerprint density at radius 3 is 2.67 bits per heavy atom. The van der Waals surface area contributed by atoms with Crippen molar-refractivity contribution in [2.45, 2.75) is 6.61 Å². The van der Waals surface area contributed by atoms with Gasteiger partial charge in [0, 0.05) is 18.5 Å². The van der Waals surface area contributed by atoms with Crippen LogP contribution in [0.5, 0.6) is 11.5 Å². The molecule has 0 unspecified atom stereocenters. The number of aliphatic carboxylic acids is 1. The topological polar surface area (TPSA) is 68.7 Å². The summed E-state index contributed by atoms with van der Waals surface area (Å²) < 4.78 is 11.0. The number of rotatable bonds is 6. The summed E-state index contributed by atoms with van der Waals surface area (Å²) in [5.41, 5.74) is 1.73. The molecule has 0 atom stereocenters. The zero-order chi connectivity index (χ0) is 15.1. The molecule has 0 aliphatic rings. The van der Waals surface area contributed by atoms with Gasteiger partial charge in [0.25, 0.3) is 0 Å². The molecule has 1 N–H and O–H groups in total. The van der Waals surface area contributed by atoms with Crippen LogP contribution < -0.4 is 9.47 Å².